The number of unbranched alkanes of at least 4 members (excludes halogenated alkanes) is 1. The molecule has 1 amide bonds. The summed E-state index contributed by atoms with van der Waals surface area (Å²) in [5, 5.41) is 3.74. The van der Waals surface area contributed by atoms with Gasteiger partial charge in [0.15, 0.2) is 5.71 Å². The SMILES string of the molecule is CCCCC(=O)O/N=C1\C(=O)N(Cc2cccc(C(F)(F)F)c2)c2ccccc21. The van der Waals surface area contributed by atoms with Crippen molar-refractivity contribution in [3.63, 3.8) is 0 Å². The summed E-state index contributed by atoms with van der Waals surface area (Å²) in [7, 11) is 0. The van der Waals surface area contributed by atoms with Crippen molar-refractivity contribution in [1.29, 1.82) is 0 Å². The maximum Gasteiger partial charge on any atom is 0.416 e. The predicted octanol–water partition coefficient (Wildman–Crippen LogP) is 4.69. The van der Waals surface area contributed by atoms with Crippen LogP contribution in [-0.2, 0) is 27.1 Å². The van der Waals surface area contributed by atoms with E-state index in [1.165, 1.54) is 17.0 Å². The van der Waals surface area contributed by atoms with Gasteiger partial charge >= 0.3 is 12.1 Å². The predicted molar refractivity (Wildman–Crippen MR) is 101 cm³/mol. The summed E-state index contributed by atoms with van der Waals surface area (Å²) in [6.07, 6.45) is -2.81. The van der Waals surface area contributed by atoms with Crippen LogP contribution < -0.4 is 4.90 Å². The van der Waals surface area contributed by atoms with E-state index < -0.39 is 23.6 Å². The fraction of sp³-hybridized carbons (Fsp3) is 0.286. The van der Waals surface area contributed by atoms with Crippen LogP contribution in [0.15, 0.2) is 53.7 Å². The number of amides is 1. The van der Waals surface area contributed by atoms with Crippen LogP contribution in [0.4, 0.5) is 18.9 Å². The maximum atomic E-state index is 13.0. The smallest absolute Gasteiger partial charge is 0.317 e. The molecule has 0 unspecified atom stereocenters. The Morgan fingerprint density at radius 2 is 1.90 bits per heavy atom. The van der Waals surface area contributed by atoms with Gasteiger partial charge in [-0.05, 0) is 30.2 Å². The molecule has 0 aliphatic carbocycles. The number of carbonyl (C=O) groups is 2. The number of oxime groups is 1. The molecule has 1 aliphatic heterocycles. The van der Waals surface area contributed by atoms with E-state index in [0.717, 1.165) is 18.6 Å². The van der Waals surface area contributed by atoms with Gasteiger partial charge in [-0.15, -0.1) is 0 Å². The summed E-state index contributed by atoms with van der Waals surface area (Å²) in [5.41, 5.74) is 0.460. The zero-order chi connectivity index (χ0) is 21.0. The minimum absolute atomic E-state index is 0.0441. The van der Waals surface area contributed by atoms with Gasteiger partial charge in [-0.2, -0.15) is 13.2 Å². The number of fused-ring (bicyclic) bond motifs is 1. The Morgan fingerprint density at radius 3 is 2.62 bits per heavy atom. The van der Waals surface area contributed by atoms with Gasteiger partial charge in [-0.25, -0.2) is 4.79 Å². The van der Waals surface area contributed by atoms with Gasteiger partial charge in [0, 0.05) is 12.0 Å². The number of hydrogen-bond acceptors (Lipinski definition) is 4. The van der Waals surface area contributed by atoms with E-state index in [1.54, 1.807) is 24.3 Å². The highest BCUT2D eigenvalue weighted by Gasteiger charge is 2.35. The van der Waals surface area contributed by atoms with Crippen molar-refractivity contribution in [2.75, 3.05) is 4.90 Å². The van der Waals surface area contributed by atoms with Crippen LogP contribution in [0.2, 0.25) is 0 Å². The molecule has 5 nitrogen and oxygen atoms in total. The topological polar surface area (TPSA) is 59.0 Å². The van der Waals surface area contributed by atoms with Crippen LogP contribution >= 0.6 is 0 Å². The van der Waals surface area contributed by atoms with Crippen molar-refractivity contribution in [2.45, 2.75) is 38.9 Å². The molecule has 0 fully saturated rings. The molecule has 152 valence electrons. The molecule has 2 aromatic rings. The third kappa shape index (κ3) is 4.64. The van der Waals surface area contributed by atoms with E-state index in [4.69, 9.17) is 4.84 Å². The standard InChI is InChI=1S/C21H19F3N2O3/c1-2-3-11-18(27)29-25-19-16-9-4-5-10-17(16)26(20(19)28)13-14-7-6-8-15(12-14)21(22,23)24/h4-10,12H,2-3,11,13H2,1H3/b25-19-. The lowest BCUT2D eigenvalue weighted by atomic mass is 10.1. The second-order valence-corrected chi connectivity index (χ2v) is 6.61. The third-order valence-corrected chi connectivity index (χ3v) is 4.47. The first-order valence-electron chi connectivity index (χ1n) is 9.16. The van der Waals surface area contributed by atoms with Crippen molar-refractivity contribution in [1.82, 2.24) is 0 Å². The van der Waals surface area contributed by atoms with Gasteiger partial charge in [-0.1, -0.05) is 48.8 Å². The molecule has 1 aliphatic rings. The summed E-state index contributed by atoms with van der Waals surface area (Å²) < 4.78 is 38.9. The highest BCUT2D eigenvalue weighted by Crippen LogP contribution is 2.33. The van der Waals surface area contributed by atoms with Crippen LogP contribution in [-0.4, -0.2) is 17.6 Å². The van der Waals surface area contributed by atoms with E-state index in [2.05, 4.69) is 5.16 Å². The molecule has 0 spiro atoms. The molecule has 0 aromatic heterocycles. The number of rotatable bonds is 6. The fourth-order valence-corrected chi connectivity index (χ4v) is 3.00. The maximum absolute atomic E-state index is 13.0. The summed E-state index contributed by atoms with van der Waals surface area (Å²) in [6.45, 7) is 1.87. The number of anilines is 1. The average molecular weight is 404 g/mol. The van der Waals surface area contributed by atoms with Crippen molar-refractivity contribution < 1.29 is 27.6 Å². The van der Waals surface area contributed by atoms with Gasteiger partial charge in [0.2, 0.25) is 0 Å². The number of para-hydroxylation sites is 1. The number of alkyl halides is 3. The highest BCUT2D eigenvalue weighted by molar-refractivity contribution is 6.54. The summed E-state index contributed by atoms with van der Waals surface area (Å²) in [6, 6.07) is 11.5. The molecule has 3 rings (SSSR count). The molecular formula is C21H19F3N2O3. The van der Waals surface area contributed by atoms with Crippen molar-refractivity contribution in [3.05, 3.63) is 65.2 Å². The van der Waals surface area contributed by atoms with E-state index in [-0.39, 0.29) is 18.7 Å². The van der Waals surface area contributed by atoms with Gasteiger partial charge in [0.05, 0.1) is 17.8 Å². The Kier molecular flexibility index (Phi) is 6.00. The summed E-state index contributed by atoms with van der Waals surface area (Å²) in [4.78, 5) is 30.8. The number of hydrogen-bond donors (Lipinski definition) is 0. The molecule has 0 atom stereocenters. The molecule has 29 heavy (non-hydrogen) atoms. The second kappa shape index (κ2) is 8.46. The Balaban J connectivity index is 1.86. The Hall–Kier alpha value is -3.16. The lowest BCUT2D eigenvalue weighted by Gasteiger charge is -2.17. The molecule has 8 heteroatoms. The van der Waals surface area contributed by atoms with Crippen LogP contribution in [0.25, 0.3) is 0 Å². The van der Waals surface area contributed by atoms with E-state index in [9.17, 15) is 22.8 Å². The first-order valence-corrected chi connectivity index (χ1v) is 9.16. The monoisotopic (exact) mass is 404 g/mol. The normalized spacial score (nSPS) is 15.0. The molecule has 0 N–H and O–H groups in total. The van der Waals surface area contributed by atoms with Crippen LogP contribution in [0.5, 0.6) is 0 Å². The van der Waals surface area contributed by atoms with Gasteiger partial charge in [0.25, 0.3) is 5.91 Å². The highest BCUT2D eigenvalue weighted by atomic mass is 19.4. The molecule has 0 saturated carbocycles. The van der Waals surface area contributed by atoms with Crippen molar-refractivity contribution in [2.24, 2.45) is 5.16 Å². The van der Waals surface area contributed by atoms with Crippen molar-refractivity contribution in [3.8, 4) is 0 Å². The van der Waals surface area contributed by atoms with Gasteiger partial charge in [-0.3, -0.25) is 4.79 Å². The molecule has 0 bridgehead atoms. The van der Waals surface area contributed by atoms with E-state index in [0.29, 0.717) is 23.2 Å². The van der Waals surface area contributed by atoms with Crippen molar-refractivity contribution >= 4 is 23.3 Å². The zero-order valence-corrected chi connectivity index (χ0v) is 15.7. The van der Waals surface area contributed by atoms with E-state index in [1.807, 2.05) is 6.92 Å². The molecule has 0 saturated heterocycles. The zero-order valence-electron chi connectivity index (χ0n) is 15.7. The molecule has 1 heterocycles. The molecule has 0 radical (unpaired) electrons. The number of benzene rings is 2. The average Bonchev–Trinajstić information content (AvgIpc) is 2.96. The Bertz CT molecular complexity index is 954. The number of carbonyl (C=O) groups excluding carboxylic acids is 2. The van der Waals surface area contributed by atoms with Crippen LogP contribution in [0, 0.1) is 0 Å². The minimum atomic E-state index is -4.47. The summed E-state index contributed by atoms with van der Waals surface area (Å²) in [5.74, 6) is -1.08. The number of halogens is 3. The minimum Gasteiger partial charge on any atom is -0.317 e. The first kappa shape index (κ1) is 20.6. The van der Waals surface area contributed by atoms with Gasteiger partial charge in [0.1, 0.15) is 0 Å². The lowest BCUT2D eigenvalue weighted by molar-refractivity contribution is -0.143. The van der Waals surface area contributed by atoms with Crippen LogP contribution in [0.1, 0.15) is 42.9 Å². The quantitative estimate of drug-likeness (QED) is 0.518. The number of nitrogens with zero attached hydrogens (tertiary/aromatic N) is 2. The van der Waals surface area contributed by atoms with E-state index >= 15 is 0 Å². The second-order valence-electron chi connectivity index (χ2n) is 6.61. The fourth-order valence-electron chi connectivity index (χ4n) is 3.00. The Labute approximate surface area is 165 Å². The first-order chi connectivity index (χ1) is 13.8. The van der Waals surface area contributed by atoms with Crippen LogP contribution in [0.3, 0.4) is 0 Å². The largest absolute Gasteiger partial charge is 0.416 e. The Morgan fingerprint density at radius 1 is 1.14 bits per heavy atom. The van der Waals surface area contributed by atoms with Gasteiger partial charge < -0.3 is 9.74 Å². The third-order valence-electron chi connectivity index (χ3n) is 4.47. The molecule has 2 aromatic carbocycles. The molecular weight excluding hydrogens is 385 g/mol. The lowest BCUT2D eigenvalue weighted by Crippen LogP contribution is -2.30. The summed E-state index contributed by atoms with van der Waals surface area (Å²) >= 11 is 0.